The number of anilines is 6. The third kappa shape index (κ3) is 7.36. The van der Waals surface area contributed by atoms with Crippen molar-refractivity contribution >= 4 is 55.9 Å². The summed E-state index contributed by atoms with van der Waals surface area (Å²) in [5.41, 5.74) is 19.6. The molecular formula is C58H47N3. The number of hydrogen-bond donors (Lipinski definition) is 0. The van der Waals surface area contributed by atoms with Crippen LogP contribution in [0.25, 0.3) is 49.7 Å². The molecule has 0 radical (unpaired) electrons. The van der Waals surface area contributed by atoms with Crippen LogP contribution in [0.15, 0.2) is 212 Å². The van der Waals surface area contributed by atoms with E-state index in [4.69, 9.17) is 0 Å². The molecule has 0 aliphatic rings. The highest BCUT2D eigenvalue weighted by molar-refractivity contribution is 6.12. The lowest BCUT2D eigenvalue weighted by molar-refractivity contribution is 1.16. The number of fused-ring (bicyclic) bond motifs is 3. The van der Waals surface area contributed by atoms with Crippen LogP contribution < -0.4 is 9.80 Å². The average Bonchev–Trinajstić information content (AvgIpc) is 3.63. The van der Waals surface area contributed by atoms with E-state index in [0.717, 1.165) is 50.8 Å². The maximum atomic E-state index is 2.46. The van der Waals surface area contributed by atoms with Gasteiger partial charge in [0.15, 0.2) is 0 Å². The summed E-state index contributed by atoms with van der Waals surface area (Å²) in [4.78, 5) is 4.78. The lowest BCUT2D eigenvalue weighted by Crippen LogP contribution is -2.14. The van der Waals surface area contributed by atoms with Crippen LogP contribution in [-0.2, 0) is 0 Å². The minimum atomic E-state index is 1.06. The third-order valence-corrected chi connectivity index (χ3v) is 11.8. The Morgan fingerprint density at radius 3 is 0.934 bits per heavy atom. The van der Waals surface area contributed by atoms with Crippen molar-refractivity contribution in [3.8, 4) is 27.9 Å². The van der Waals surface area contributed by atoms with Crippen molar-refractivity contribution in [2.24, 2.45) is 0 Å². The summed E-state index contributed by atoms with van der Waals surface area (Å²) in [7, 11) is 0. The largest absolute Gasteiger partial charge is 0.310 e. The van der Waals surface area contributed by atoms with Crippen molar-refractivity contribution in [2.45, 2.75) is 27.7 Å². The van der Waals surface area contributed by atoms with E-state index in [-0.39, 0.29) is 0 Å². The van der Waals surface area contributed by atoms with Crippen LogP contribution in [-0.4, -0.2) is 4.57 Å². The van der Waals surface area contributed by atoms with Crippen LogP contribution in [0.4, 0.5) is 34.1 Å². The number of nitrogens with zero attached hydrogens (tertiary/aromatic N) is 3. The molecule has 0 saturated carbocycles. The second-order valence-electron chi connectivity index (χ2n) is 16.3. The molecule has 10 rings (SSSR count). The molecule has 0 atom stereocenters. The molecule has 3 heteroatoms. The summed E-state index contributed by atoms with van der Waals surface area (Å²) in [6, 6.07) is 77.9. The van der Waals surface area contributed by atoms with Crippen molar-refractivity contribution in [1.82, 2.24) is 4.57 Å². The first-order valence-corrected chi connectivity index (χ1v) is 21.1. The molecule has 0 amide bonds. The van der Waals surface area contributed by atoms with Crippen LogP contribution in [0, 0.1) is 27.7 Å². The zero-order chi connectivity index (χ0) is 41.5. The molecule has 10 aromatic rings. The predicted molar refractivity (Wildman–Crippen MR) is 260 cm³/mol. The van der Waals surface area contributed by atoms with Gasteiger partial charge in [-0.05, 0) is 141 Å². The van der Waals surface area contributed by atoms with Gasteiger partial charge < -0.3 is 14.4 Å². The summed E-state index contributed by atoms with van der Waals surface area (Å²) in [6.45, 7) is 8.59. The number of hydrogen-bond acceptors (Lipinski definition) is 2. The van der Waals surface area contributed by atoms with Gasteiger partial charge in [-0.25, -0.2) is 0 Å². The lowest BCUT2D eigenvalue weighted by atomic mass is 10.0. The normalized spacial score (nSPS) is 11.3. The Morgan fingerprint density at radius 1 is 0.279 bits per heavy atom. The topological polar surface area (TPSA) is 11.4 Å². The molecule has 3 nitrogen and oxygen atoms in total. The first kappa shape index (κ1) is 37.6. The Kier molecular flexibility index (Phi) is 9.78. The molecule has 0 aliphatic heterocycles. The Bertz CT molecular complexity index is 2830. The molecule has 294 valence electrons. The van der Waals surface area contributed by atoms with Crippen molar-refractivity contribution in [1.29, 1.82) is 0 Å². The van der Waals surface area contributed by atoms with Gasteiger partial charge in [-0.3, -0.25) is 0 Å². The quantitative estimate of drug-likeness (QED) is 0.144. The zero-order valence-electron chi connectivity index (χ0n) is 35.0. The zero-order valence-corrected chi connectivity index (χ0v) is 35.0. The molecule has 0 N–H and O–H groups in total. The molecule has 1 heterocycles. The smallest absolute Gasteiger partial charge is 0.0541 e. The van der Waals surface area contributed by atoms with E-state index in [2.05, 4.69) is 254 Å². The highest BCUT2D eigenvalue weighted by Crippen LogP contribution is 2.44. The van der Waals surface area contributed by atoms with Gasteiger partial charge in [0.1, 0.15) is 0 Å². The Hall–Kier alpha value is -7.62. The van der Waals surface area contributed by atoms with Crippen molar-refractivity contribution in [2.75, 3.05) is 9.80 Å². The maximum Gasteiger partial charge on any atom is 0.0541 e. The van der Waals surface area contributed by atoms with Gasteiger partial charge in [-0.2, -0.15) is 0 Å². The molecule has 0 spiro atoms. The Balaban J connectivity index is 1.29. The van der Waals surface area contributed by atoms with Crippen molar-refractivity contribution in [3.63, 3.8) is 0 Å². The van der Waals surface area contributed by atoms with Gasteiger partial charge in [-0.1, -0.05) is 144 Å². The fourth-order valence-corrected chi connectivity index (χ4v) is 8.56. The van der Waals surface area contributed by atoms with E-state index in [0.29, 0.717) is 0 Å². The van der Waals surface area contributed by atoms with Crippen LogP contribution in [0.3, 0.4) is 0 Å². The van der Waals surface area contributed by atoms with E-state index in [9.17, 15) is 0 Å². The molecule has 0 bridgehead atoms. The monoisotopic (exact) mass is 785 g/mol. The standard InChI is InChI=1S/C58H47N3/c1-40-15-25-48(26-16-40)59(49-27-17-41(2)18-28-49)52-37-53(60(50-29-19-42(3)20-30-50)51-31-21-43(4)22-32-51)39-54(38-52)61-57-33-23-46(44-11-7-5-8-12-44)35-55(57)56-36-47(24-34-58(56)61)45-13-9-6-10-14-45/h5-39H,1-4H3. The second-order valence-corrected chi connectivity index (χ2v) is 16.3. The average molecular weight is 786 g/mol. The molecule has 0 saturated heterocycles. The lowest BCUT2D eigenvalue weighted by Gasteiger charge is -2.30. The molecule has 0 unspecified atom stereocenters. The highest BCUT2D eigenvalue weighted by Gasteiger charge is 2.22. The van der Waals surface area contributed by atoms with Crippen molar-refractivity contribution in [3.05, 3.63) is 235 Å². The molecule has 0 fully saturated rings. The van der Waals surface area contributed by atoms with E-state index in [1.54, 1.807) is 0 Å². The minimum absolute atomic E-state index is 1.06. The first-order chi connectivity index (χ1) is 29.9. The molecule has 1 aromatic heterocycles. The molecule has 9 aromatic carbocycles. The summed E-state index contributed by atoms with van der Waals surface area (Å²) < 4.78 is 2.46. The molecule has 0 aliphatic carbocycles. The fraction of sp³-hybridized carbons (Fsp3) is 0.0690. The van der Waals surface area contributed by atoms with Gasteiger partial charge in [0, 0.05) is 33.5 Å². The summed E-state index contributed by atoms with van der Waals surface area (Å²) >= 11 is 0. The molecule has 61 heavy (non-hydrogen) atoms. The predicted octanol–water partition coefficient (Wildman–Crippen LogP) is 16.3. The SMILES string of the molecule is Cc1ccc(N(c2ccc(C)cc2)c2cc(N(c3ccc(C)cc3)c3ccc(C)cc3)cc(-n3c4ccc(-c5ccccc5)cc4c4cc(-c5ccccc5)ccc43)c2)cc1. The number of benzene rings is 9. The van der Waals surface area contributed by atoms with Crippen LogP contribution in [0.2, 0.25) is 0 Å². The Labute approximate surface area is 359 Å². The van der Waals surface area contributed by atoms with E-state index in [1.807, 2.05) is 0 Å². The first-order valence-electron chi connectivity index (χ1n) is 21.1. The van der Waals surface area contributed by atoms with Gasteiger partial charge in [0.05, 0.1) is 28.1 Å². The fourth-order valence-electron chi connectivity index (χ4n) is 8.56. The highest BCUT2D eigenvalue weighted by atomic mass is 15.2. The second kappa shape index (κ2) is 15.9. The van der Waals surface area contributed by atoms with Crippen molar-refractivity contribution < 1.29 is 0 Å². The summed E-state index contributed by atoms with van der Waals surface area (Å²) in [5.74, 6) is 0. The van der Waals surface area contributed by atoms with Gasteiger partial charge in [0.2, 0.25) is 0 Å². The number of aryl methyl sites for hydroxylation is 4. The van der Waals surface area contributed by atoms with Gasteiger partial charge >= 0.3 is 0 Å². The van der Waals surface area contributed by atoms with Gasteiger partial charge in [-0.15, -0.1) is 0 Å². The van der Waals surface area contributed by atoms with E-state index in [1.165, 1.54) is 55.3 Å². The van der Waals surface area contributed by atoms with Crippen LogP contribution >= 0.6 is 0 Å². The number of aromatic nitrogens is 1. The van der Waals surface area contributed by atoms with Crippen LogP contribution in [0.1, 0.15) is 22.3 Å². The Morgan fingerprint density at radius 2 is 0.607 bits per heavy atom. The number of rotatable bonds is 9. The minimum Gasteiger partial charge on any atom is -0.310 e. The maximum absolute atomic E-state index is 2.46. The third-order valence-electron chi connectivity index (χ3n) is 11.8. The summed E-state index contributed by atoms with van der Waals surface area (Å²) in [5, 5.41) is 2.42. The van der Waals surface area contributed by atoms with Gasteiger partial charge in [0.25, 0.3) is 0 Å². The summed E-state index contributed by atoms with van der Waals surface area (Å²) in [6.07, 6.45) is 0. The van der Waals surface area contributed by atoms with E-state index < -0.39 is 0 Å². The van der Waals surface area contributed by atoms with E-state index >= 15 is 0 Å². The molecular weight excluding hydrogens is 739 g/mol. The van der Waals surface area contributed by atoms with Crippen LogP contribution in [0.5, 0.6) is 0 Å².